The van der Waals surface area contributed by atoms with Gasteiger partial charge in [0, 0.05) is 18.8 Å². The predicted molar refractivity (Wildman–Crippen MR) is 61.4 cm³/mol. The van der Waals surface area contributed by atoms with Gasteiger partial charge in [0.15, 0.2) is 0 Å². The average Bonchev–Trinajstić information content (AvgIpc) is 2.78. The molecule has 2 heterocycles. The molecule has 1 fully saturated rings. The van der Waals surface area contributed by atoms with E-state index in [1.807, 2.05) is 12.3 Å². The van der Waals surface area contributed by atoms with Crippen molar-refractivity contribution in [3.8, 4) is 0 Å². The van der Waals surface area contributed by atoms with Gasteiger partial charge in [0.05, 0.1) is 5.69 Å². The molecule has 3 nitrogen and oxygen atoms in total. The Morgan fingerprint density at radius 3 is 3.07 bits per heavy atom. The van der Waals surface area contributed by atoms with Gasteiger partial charge in [-0.15, -0.1) is 0 Å². The Hall–Kier alpha value is -0.930. The van der Waals surface area contributed by atoms with E-state index in [4.69, 9.17) is 5.73 Å². The smallest absolute Gasteiger partial charge is 0.0572 e. The van der Waals surface area contributed by atoms with Crippen molar-refractivity contribution in [1.82, 2.24) is 9.88 Å². The van der Waals surface area contributed by atoms with Crippen LogP contribution in [0.3, 0.4) is 0 Å². The zero-order chi connectivity index (χ0) is 10.7. The maximum absolute atomic E-state index is 5.69. The number of pyridine rings is 1. The highest BCUT2D eigenvalue weighted by Gasteiger charge is 2.26. The first-order valence-corrected chi connectivity index (χ1v) is 5.66. The molecule has 0 saturated carbocycles. The number of hydrogen-bond donors (Lipinski definition) is 1. The van der Waals surface area contributed by atoms with E-state index in [1.165, 1.54) is 6.42 Å². The van der Waals surface area contributed by atoms with Gasteiger partial charge in [-0.05, 0) is 44.5 Å². The average molecular weight is 205 g/mol. The van der Waals surface area contributed by atoms with Crippen LogP contribution in [0.4, 0.5) is 0 Å². The monoisotopic (exact) mass is 205 g/mol. The van der Waals surface area contributed by atoms with Crippen LogP contribution in [0.1, 0.15) is 25.1 Å². The molecule has 0 radical (unpaired) electrons. The second kappa shape index (κ2) is 4.73. The van der Waals surface area contributed by atoms with Crippen LogP contribution in [0.25, 0.3) is 0 Å². The molecule has 0 aromatic carbocycles. The van der Waals surface area contributed by atoms with E-state index in [0.717, 1.165) is 25.3 Å². The SMILES string of the molecule is C[C@@H](c1ccccn1)N1CC[C@H](CN)C1. The van der Waals surface area contributed by atoms with Crippen LogP contribution in [0.5, 0.6) is 0 Å². The third kappa shape index (κ3) is 2.36. The van der Waals surface area contributed by atoms with Crippen LogP contribution < -0.4 is 5.73 Å². The maximum Gasteiger partial charge on any atom is 0.0572 e. The van der Waals surface area contributed by atoms with E-state index in [1.54, 1.807) is 0 Å². The molecule has 3 heteroatoms. The van der Waals surface area contributed by atoms with E-state index in [9.17, 15) is 0 Å². The van der Waals surface area contributed by atoms with Crippen molar-refractivity contribution in [2.75, 3.05) is 19.6 Å². The largest absolute Gasteiger partial charge is 0.330 e. The number of likely N-dealkylation sites (tertiary alicyclic amines) is 1. The predicted octanol–water partition coefficient (Wildman–Crippen LogP) is 1.42. The molecule has 1 aliphatic rings. The van der Waals surface area contributed by atoms with Crippen LogP contribution in [-0.2, 0) is 0 Å². The molecule has 15 heavy (non-hydrogen) atoms. The zero-order valence-corrected chi connectivity index (χ0v) is 9.26. The molecule has 2 atom stereocenters. The van der Waals surface area contributed by atoms with E-state index in [-0.39, 0.29) is 0 Å². The molecule has 0 aliphatic carbocycles. The third-order valence-electron chi connectivity index (χ3n) is 3.31. The summed E-state index contributed by atoms with van der Waals surface area (Å²) in [5.41, 5.74) is 6.85. The summed E-state index contributed by atoms with van der Waals surface area (Å²) in [5.74, 6) is 0.677. The van der Waals surface area contributed by atoms with Gasteiger partial charge in [-0.2, -0.15) is 0 Å². The summed E-state index contributed by atoms with van der Waals surface area (Å²) in [6.45, 7) is 5.31. The van der Waals surface area contributed by atoms with Crippen LogP contribution in [0.2, 0.25) is 0 Å². The minimum Gasteiger partial charge on any atom is -0.330 e. The van der Waals surface area contributed by atoms with Crippen molar-refractivity contribution >= 4 is 0 Å². The van der Waals surface area contributed by atoms with Gasteiger partial charge >= 0.3 is 0 Å². The van der Waals surface area contributed by atoms with Gasteiger partial charge in [0.1, 0.15) is 0 Å². The summed E-state index contributed by atoms with van der Waals surface area (Å²) >= 11 is 0. The Morgan fingerprint density at radius 1 is 1.60 bits per heavy atom. The van der Waals surface area contributed by atoms with Crippen molar-refractivity contribution < 1.29 is 0 Å². The van der Waals surface area contributed by atoms with Gasteiger partial charge in [0.2, 0.25) is 0 Å². The minimum absolute atomic E-state index is 0.419. The fraction of sp³-hybridized carbons (Fsp3) is 0.583. The Kier molecular flexibility index (Phi) is 3.34. The van der Waals surface area contributed by atoms with E-state index >= 15 is 0 Å². The van der Waals surface area contributed by atoms with Gasteiger partial charge < -0.3 is 5.73 Å². The molecule has 1 aliphatic heterocycles. The fourth-order valence-corrected chi connectivity index (χ4v) is 2.22. The maximum atomic E-state index is 5.69. The minimum atomic E-state index is 0.419. The number of nitrogens with two attached hydrogens (primary N) is 1. The molecule has 82 valence electrons. The highest BCUT2D eigenvalue weighted by Crippen LogP contribution is 2.25. The normalized spacial score (nSPS) is 24.3. The van der Waals surface area contributed by atoms with Crippen LogP contribution in [0, 0.1) is 5.92 Å². The molecular formula is C12H19N3. The van der Waals surface area contributed by atoms with Crippen molar-refractivity contribution in [3.63, 3.8) is 0 Å². The lowest BCUT2D eigenvalue weighted by Crippen LogP contribution is -2.26. The lowest BCUT2D eigenvalue weighted by atomic mass is 10.1. The quantitative estimate of drug-likeness (QED) is 0.811. The van der Waals surface area contributed by atoms with E-state index < -0.39 is 0 Å². The van der Waals surface area contributed by atoms with E-state index in [2.05, 4.69) is 28.9 Å². The van der Waals surface area contributed by atoms with Crippen LogP contribution >= 0.6 is 0 Å². The van der Waals surface area contributed by atoms with Gasteiger partial charge in [-0.1, -0.05) is 6.07 Å². The summed E-state index contributed by atoms with van der Waals surface area (Å²) in [6, 6.07) is 6.53. The Balaban J connectivity index is 2.00. The molecule has 0 unspecified atom stereocenters. The highest BCUT2D eigenvalue weighted by atomic mass is 15.2. The highest BCUT2D eigenvalue weighted by molar-refractivity contribution is 5.08. The van der Waals surface area contributed by atoms with Crippen LogP contribution in [0.15, 0.2) is 24.4 Å². The van der Waals surface area contributed by atoms with Crippen molar-refractivity contribution in [3.05, 3.63) is 30.1 Å². The molecule has 1 aromatic heterocycles. The summed E-state index contributed by atoms with van der Waals surface area (Å²) in [6.07, 6.45) is 3.09. The first kappa shape index (κ1) is 10.6. The second-order valence-corrected chi connectivity index (χ2v) is 4.32. The van der Waals surface area contributed by atoms with Crippen molar-refractivity contribution in [2.24, 2.45) is 11.7 Å². The molecule has 0 amide bonds. The summed E-state index contributed by atoms with van der Waals surface area (Å²) in [4.78, 5) is 6.87. The number of aromatic nitrogens is 1. The fourth-order valence-electron chi connectivity index (χ4n) is 2.22. The van der Waals surface area contributed by atoms with Crippen LogP contribution in [-0.4, -0.2) is 29.5 Å². The number of rotatable bonds is 3. The standard InChI is InChI=1S/C12H19N3/c1-10(12-4-2-3-6-14-12)15-7-5-11(8-13)9-15/h2-4,6,10-11H,5,7-9,13H2,1H3/t10-,11+/m0/s1. The lowest BCUT2D eigenvalue weighted by Gasteiger charge is -2.23. The van der Waals surface area contributed by atoms with Gasteiger partial charge in [-0.25, -0.2) is 0 Å². The third-order valence-corrected chi connectivity index (χ3v) is 3.31. The van der Waals surface area contributed by atoms with E-state index in [0.29, 0.717) is 12.0 Å². The Bertz CT molecular complexity index is 299. The lowest BCUT2D eigenvalue weighted by molar-refractivity contribution is 0.249. The molecule has 0 bridgehead atoms. The van der Waals surface area contributed by atoms with Crippen molar-refractivity contribution in [1.29, 1.82) is 0 Å². The molecule has 0 spiro atoms. The first-order chi connectivity index (χ1) is 7.31. The molecule has 2 rings (SSSR count). The Labute approximate surface area is 91.3 Å². The van der Waals surface area contributed by atoms with Gasteiger partial charge in [-0.3, -0.25) is 9.88 Å². The summed E-state index contributed by atoms with van der Waals surface area (Å²) in [5, 5.41) is 0. The zero-order valence-electron chi connectivity index (χ0n) is 9.26. The first-order valence-electron chi connectivity index (χ1n) is 5.66. The summed E-state index contributed by atoms with van der Waals surface area (Å²) < 4.78 is 0. The molecule has 1 saturated heterocycles. The van der Waals surface area contributed by atoms with Crippen molar-refractivity contribution in [2.45, 2.75) is 19.4 Å². The number of hydrogen-bond acceptors (Lipinski definition) is 3. The molecular weight excluding hydrogens is 186 g/mol. The summed E-state index contributed by atoms with van der Waals surface area (Å²) in [7, 11) is 0. The topological polar surface area (TPSA) is 42.2 Å². The number of nitrogens with zero attached hydrogens (tertiary/aromatic N) is 2. The molecule has 1 aromatic rings. The molecule has 2 N–H and O–H groups in total. The van der Waals surface area contributed by atoms with Gasteiger partial charge in [0.25, 0.3) is 0 Å². The Morgan fingerprint density at radius 2 is 2.47 bits per heavy atom. The second-order valence-electron chi connectivity index (χ2n) is 4.32.